The average molecular weight is 386 g/mol. The molecule has 0 amide bonds. The van der Waals surface area contributed by atoms with Crippen LogP contribution in [-0.2, 0) is 9.53 Å². The van der Waals surface area contributed by atoms with Crippen LogP contribution in [0.1, 0.15) is 36.5 Å². The molecule has 1 unspecified atom stereocenters. The summed E-state index contributed by atoms with van der Waals surface area (Å²) in [4.78, 5) is 15.4. The third-order valence-electron chi connectivity index (χ3n) is 5.56. The van der Waals surface area contributed by atoms with E-state index in [9.17, 15) is 4.79 Å². The molecule has 3 nitrogen and oxygen atoms in total. The summed E-state index contributed by atoms with van der Waals surface area (Å²) in [6, 6.07) is 30.4. The topological polar surface area (TPSA) is 29.5 Å². The lowest BCUT2D eigenvalue weighted by atomic mass is 9.97. The molecule has 0 aromatic heterocycles. The van der Waals surface area contributed by atoms with Crippen LogP contribution in [0.4, 0.5) is 5.69 Å². The Morgan fingerprint density at radius 2 is 1.38 bits per heavy atom. The highest BCUT2D eigenvalue weighted by atomic mass is 16.5. The van der Waals surface area contributed by atoms with Crippen LogP contribution in [0.15, 0.2) is 91.0 Å². The molecule has 0 saturated carbocycles. The van der Waals surface area contributed by atoms with E-state index in [1.807, 2.05) is 54.6 Å². The van der Waals surface area contributed by atoms with Crippen molar-refractivity contribution in [3.05, 3.63) is 102 Å². The number of ether oxygens (including phenoxy) is 1. The minimum atomic E-state index is -0.241. The molecule has 3 aromatic rings. The molecule has 29 heavy (non-hydrogen) atoms. The summed E-state index contributed by atoms with van der Waals surface area (Å²) in [5.41, 5.74) is 3.25. The maximum Gasteiger partial charge on any atom is 0.180 e. The van der Waals surface area contributed by atoms with Gasteiger partial charge in [0.25, 0.3) is 0 Å². The largest absolute Gasteiger partial charge is 0.361 e. The van der Waals surface area contributed by atoms with E-state index >= 15 is 0 Å². The van der Waals surface area contributed by atoms with Gasteiger partial charge in [-0.15, -0.1) is 0 Å². The van der Waals surface area contributed by atoms with Gasteiger partial charge in [0.1, 0.15) is 12.7 Å². The van der Waals surface area contributed by atoms with Gasteiger partial charge in [-0.25, -0.2) is 0 Å². The molecule has 1 atom stereocenters. The summed E-state index contributed by atoms with van der Waals surface area (Å²) in [6.45, 7) is 1.03. The van der Waals surface area contributed by atoms with Crippen molar-refractivity contribution in [3.63, 3.8) is 0 Å². The highest BCUT2D eigenvalue weighted by molar-refractivity contribution is 5.88. The maximum absolute atomic E-state index is 13.2. The second-order valence-corrected chi connectivity index (χ2v) is 7.52. The smallest absolute Gasteiger partial charge is 0.180 e. The predicted molar refractivity (Wildman–Crippen MR) is 117 cm³/mol. The molecule has 1 fully saturated rings. The number of carbonyl (C=O) groups is 1. The first kappa shape index (κ1) is 19.4. The standard InChI is InChI=1S/C26H27NO2/c28-25(24-18-10-11-19-27(24)23-16-8-3-9-17-23)20-29-26(21-12-4-1-5-13-21)22-14-6-2-7-15-22/h1-9,12-17,24,26H,10-11,18-20H2. The van der Waals surface area contributed by atoms with E-state index in [2.05, 4.69) is 41.3 Å². The van der Waals surface area contributed by atoms with Crippen LogP contribution in [0.2, 0.25) is 0 Å². The van der Waals surface area contributed by atoms with Crippen LogP contribution >= 0.6 is 0 Å². The number of para-hydroxylation sites is 1. The van der Waals surface area contributed by atoms with Crippen LogP contribution < -0.4 is 4.90 Å². The Morgan fingerprint density at radius 1 is 0.828 bits per heavy atom. The normalized spacial score (nSPS) is 16.7. The Kier molecular flexibility index (Phi) is 6.38. The van der Waals surface area contributed by atoms with Crippen LogP contribution in [0.3, 0.4) is 0 Å². The molecule has 0 aliphatic carbocycles. The summed E-state index contributed by atoms with van der Waals surface area (Å²) >= 11 is 0. The number of hydrogen-bond donors (Lipinski definition) is 0. The maximum atomic E-state index is 13.2. The summed E-state index contributed by atoms with van der Waals surface area (Å²) in [6.07, 6.45) is 2.85. The van der Waals surface area contributed by atoms with E-state index in [1.165, 1.54) is 0 Å². The lowest BCUT2D eigenvalue weighted by Gasteiger charge is -2.36. The molecule has 1 heterocycles. The first-order valence-electron chi connectivity index (χ1n) is 10.4. The van der Waals surface area contributed by atoms with Crippen molar-refractivity contribution in [2.24, 2.45) is 0 Å². The summed E-state index contributed by atoms with van der Waals surface area (Å²) in [5, 5.41) is 0. The van der Waals surface area contributed by atoms with E-state index in [-0.39, 0.29) is 24.5 Å². The second-order valence-electron chi connectivity index (χ2n) is 7.52. The third kappa shape index (κ3) is 4.75. The monoisotopic (exact) mass is 385 g/mol. The number of nitrogens with zero attached hydrogens (tertiary/aromatic N) is 1. The zero-order valence-electron chi connectivity index (χ0n) is 16.6. The molecule has 0 bridgehead atoms. The number of benzene rings is 3. The molecule has 0 N–H and O–H groups in total. The van der Waals surface area contributed by atoms with E-state index in [0.717, 1.165) is 42.6 Å². The quantitative estimate of drug-likeness (QED) is 0.544. The molecule has 3 heteroatoms. The fourth-order valence-corrected chi connectivity index (χ4v) is 4.10. The molecule has 1 aliphatic heterocycles. The van der Waals surface area contributed by atoms with Crippen LogP contribution in [-0.4, -0.2) is 25.0 Å². The minimum absolute atomic E-state index is 0.113. The fourth-order valence-electron chi connectivity index (χ4n) is 4.10. The fraction of sp³-hybridized carbons (Fsp3) is 0.269. The van der Waals surface area contributed by atoms with Crippen molar-refractivity contribution in [1.82, 2.24) is 0 Å². The number of Topliss-reactive ketones (excluding diaryl/α,β-unsaturated/α-hetero) is 1. The molecule has 1 saturated heterocycles. The minimum Gasteiger partial charge on any atom is -0.361 e. The van der Waals surface area contributed by atoms with Crippen molar-refractivity contribution in [3.8, 4) is 0 Å². The van der Waals surface area contributed by atoms with Crippen LogP contribution in [0, 0.1) is 0 Å². The summed E-state index contributed by atoms with van der Waals surface area (Å²) in [5.74, 6) is 0.158. The van der Waals surface area contributed by atoms with Gasteiger partial charge in [-0.3, -0.25) is 4.79 Å². The molecule has 0 spiro atoms. The number of carbonyl (C=O) groups excluding carboxylic acids is 1. The van der Waals surface area contributed by atoms with Gasteiger partial charge in [-0.2, -0.15) is 0 Å². The average Bonchev–Trinajstić information content (AvgIpc) is 2.81. The van der Waals surface area contributed by atoms with E-state index in [0.29, 0.717) is 0 Å². The van der Waals surface area contributed by atoms with Crippen molar-refractivity contribution in [2.45, 2.75) is 31.4 Å². The van der Waals surface area contributed by atoms with Gasteiger partial charge in [-0.1, -0.05) is 78.9 Å². The number of ketones is 1. The lowest BCUT2D eigenvalue weighted by Crippen LogP contribution is -2.46. The summed E-state index contributed by atoms with van der Waals surface area (Å²) in [7, 11) is 0. The van der Waals surface area contributed by atoms with E-state index in [4.69, 9.17) is 4.74 Å². The molecule has 4 rings (SSSR count). The van der Waals surface area contributed by atoms with Gasteiger partial charge in [0.15, 0.2) is 5.78 Å². The van der Waals surface area contributed by atoms with Crippen molar-refractivity contribution in [2.75, 3.05) is 18.1 Å². The van der Waals surface area contributed by atoms with Gasteiger partial charge < -0.3 is 9.64 Å². The zero-order valence-corrected chi connectivity index (χ0v) is 16.6. The van der Waals surface area contributed by atoms with Crippen molar-refractivity contribution < 1.29 is 9.53 Å². The molecular weight excluding hydrogens is 358 g/mol. The lowest BCUT2D eigenvalue weighted by molar-refractivity contribution is -0.126. The van der Waals surface area contributed by atoms with Crippen molar-refractivity contribution in [1.29, 1.82) is 0 Å². The Balaban J connectivity index is 1.50. The second kappa shape index (κ2) is 9.53. The first-order chi connectivity index (χ1) is 14.3. The number of piperidine rings is 1. The number of hydrogen-bond acceptors (Lipinski definition) is 3. The molecule has 148 valence electrons. The molecule has 3 aromatic carbocycles. The Hall–Kier alpha value is -2.91. The van der Waals surface area contributed by atoms with Crippen LogP contribution in [0.5, 0.6) is 0 Å². The van der Waals surface area contributed by atoms with Gasteiger partial charge in [0, 0.05) is 12.2 Å². The molecule has 1 aliphatic rings. The number of anilines is 1. The Bertz CT molecular complexity index is 856. The third-order valence-corrected chi connectivity index (χ3v) is 5.56. The molecule has 0 radical (unpaired) electrons. The summed E-state index contributed by atoms with van der Waals surface area (Å²) < 4.78 is 6.24. The van der Waals surface area contributed by atoms with E-state index in [1.54, 1.807) is 0 Å². The number of rotatable bonds is 7. The van der Waals surface area contributed by atoms with Crippen molar-refractivity contribution >= 4 is 11.5 Å². The SMILES string of the molecule is O=C(COC(c1ccccc1)c1ccccc1)C1CCCCN1c1ccccc1. The Morgan fingerprint density at radius 3 is 1.97 bits per heavy atom. The highest BCUT2D eigenvalue weighted by Gasteiger charge is 2.29. The molecular formula is C26H27NO2. The first-order valence-corrected chi connectivity index (χ1v) is 10.4. The van der Waals surface area contributed by atoms with Gasteiger partial charge in [0.05, 0.1) is 6.04 Å². The van der Waals surface area contributed by atoms with Gasteiger partial charge >= 0.3 is 0 Å². The predicted octanol–water partition coefficient (Wildman–Crippen LogP) is 5.42. The zero-order chi connectivity index (χ0) is 19.9. The Labute approximate surface area is 172 Å². The van der Waals surface area contributed by atoms with Gasteiger partial charge in [0.2, 0.25) is 0 Å². The highest BCUT2D eigenvalue weighted by Crippen LogP contribution is 2.28. The van der Waals surface area contributed by atoms with Gasteiger partial charge in [-0.05, 0) is 42.5 Å². The van der Waals surface area contributed by atoms with E-state index < -0.39 is 0 Å². The van der Waals surface area contributed by atoms with Crippen LogP contribution in [0.25, 0.3) is 0 Å².